The van der Waals surface area contributed by atoms with Gasteiger partial charge in [0, 0.05) is 5.69 Å². The molecule has 0 aliphatic heterocycles. The Hall–Kier alpha value is -2.43. The van der Waals surface area contributed by atoms with Crippen LogP contribution in [0, 0.1) is 5.82 Å². The average molecular weight is 441 g/mol. The molecule has 10 heteroatoms. The van der Waals surface area contributed by atoms with Crippen molar-refractivity contribution in [3.05, 3.63) is 60.4 Å². The Balaban J connectivity index is 1.98. The minimum atomic E-state index is -3.93. The van der Waals surface area contributed by atoms with Gasteiger partial charge in [-0.1, -0.05) is 24.3 Å². The first-order valence-electron chi connectivity index (χ1n) is 8.60. The summed E-state index contributed by atoms with van der Waals surface area (Å²) in [5, 5.41) is 2.40. The van der Waals surface area contributed by atoms with Crippen LogP contribution in [0.4, 0.5) is 10.1 Å². The number of hydrogen-bond donors (Lipinski definition) is 2. The van der Waals surface area contributed by atoms with Gasteiger partial charge in [0.15, 0.2) is 6.61 Å². The monoisotopic (exact) mass is 440 g/mol. The van der Waals surface area contributed by atoms with Gasteiger partial charge in [-0.25, -0.2) is 12.8 Å². The van der Waals surface area contributed by atoms with Gasteiger partial charge >= 0.3 is 5.97 Å². The number of halogens is 1. The number of carbonyl (C=O) groups excluding carboxylic acids is 2. The first kappa shape index (κ1) is 22.9. The van der Waals surface area contributed by atoms with Crippen LogP contribution < -0.4 is 10.0 Å². The summed E-state index contributed by atoms with van der Waals surface area (Å²) >= 11 is 1.44. The molecule has 1 atom stereocenters. The molecule has 2 rings (SSSR count). The molecule has 29 heavy (non-hydrogen) atoms. The summed E-state index contributed by atoms with van der Waals surface area (Å²) in [7, 11) is -3.93. The van der Waals surface area contributed by atoms with Crippen LogP contribution in [0.15, 0.2) is 59.5 Å². The highest BCUT2D eigenvalue weighted by molar-refractivity contribution is 7.98. The number of rotatable bonds is 10. The molecule has 0 aliphatic carbocycles. The van der Waals surface area contributed by atoms with Gasteiger partial charge in [0.05, 0.1) is 4.90 Å². The molecule has 7 nitrogen and oxygen atoms in total. The molecule has 0 aliphatic rings. The molecule has 1 amide bonds. The van der Waals surface area contributed by atoms with E-state index in [1.807, 2.05) is 6.26 Å². The molecule has 0 fully saturated rings. The van der Waals surface area contributed by atoms with E-state index >= 15 is 0 Å². The predicted molar refractivity (Wildman–Crippen MR) is 110 cm³/mol. The van der Waals surface area contributed by atoms with Crippen molar-refractivity contribution in [3.8, 4) is 0 Å². The fraction of sp³-hybridized carbons (Fsp3) is 0.263. The Kier molecular flexibility index (Phi) is 8.62. The van der Waals surface area contributed by atoms with E-state index in [0.29, 0.717) is 5.75 Å². The Bertz CT molecular complexity index is 939. The number of esters is 1. The number of thioether (sulfide) groups is 1. The molecule has 0 saturated carbocycles. The van der Waals surface area contributed by atoms with Crippen LogP contribution in [0.2, 0.25) is 0 Å². The molecule has 0 radical (unpaired) electrons. The predicted octanol–water partition coefficient (Wildman–Crippen LogP) is 2.41. The smallest absolute Gasteiger partial charge is 0.324 e. The van der Waals surface area contributed by atoms with Crippen LogP contribution >= 0.6 is 11.8 Å². The third-order valence-electron chi connectivity index (χ3n) is 3.70. The summed E-state index contributed by atoms with van der Waals surface area (Å²) in [5.41, 5.74) is 0.217. The van der Waals surface area contributed by atoms with Gasteiger partial charge in [-0.15, -0.1) is 0 Å². The highest BCUT2D eigenvalue weighted by Crippen LogP contribution is 2.12. The van der Waals surface area contributed by atoms with E-state index in [2.05, 4.69) is 10.0 Å². The van der Waals surface area contributed by atoms with E-state index < -0.39 is 40.4 Å². The second kappa shape index (κ2) is 10.9. The minimum absolute atomic E-state index is 0.0193. The number of carbonyl (C=O) groups is 2. The van der Waals surface area contributed by atoms with E-state index in [0.717, 1.165) is 6.07 Å². The summed E-state index contributed by atoms with van der Waals surface area (Å²) in [6.45, 7) is -0.627. The first-order valence-corrected chi connectivity index (χ1v) is 11.5. The quantitative estimate of drug-likeness (QED) is 0.550. The Morgan fingerprint density at radius 3 is 2.52 bits per heavy atom. The maximum Gasteiger partial charge on any atom is 0.324 e. The van der Waals surface area contributed by atoms with E-state index in [1.54, 1.807) is 18.2 Å². The maximum absolute atomic E-state index is 13.1. The lowest BCUT2D eigenvalue weighted by Gasteiger charge is -2.17. The van der Waals surface area contributed by atoms with Crippen LogP contribution in [0.25, 0.3) is 0 Å². The number of anilines is 1. The van der Waals surface area contributed by atoms with Crippen molar-refractivity contribution >= 4 is 39.3 Å². The highest BCUT2D eigenvalue weighted by Gasteiger charge is 2.27. The van der Waals surface area contributed by atoms with Crippen LogP contribution in [-0.2, 0) is 24.3 Å². The highest BCUT2D eigenvalue weighted by atomic mass is 32.2. The van der Waals surface area contributed by atoms with Gasteiger partial charge in [-0.2, -0.15) is 16.5 Å². The van der Waals surface area contributed by atoms with Gasteiger partial charge in [-0.3, -0.25) is 9.59 Å². The van der Waals surface area contributed by atoms with Gasteiger partial charge in [0.2, 0.25) is 10.0 Å². The summed E-state index contributed by atoms with van der Waals surface area (Å²) in [6.07, 6.45) is 2.01. The SMILES string of the molecule is CSCCC(NS(=O)(=O)c1ccccc1)C(=O)OCC(=O)Nc1cccc(F)c1. The standard InChI is InChI=1S/C19H21FN2O5S2/c1-28-11-10-17(22-29(25,26)16-8-3-2-4-9-16)19(24)27-13-18(23)21-15-7-5-6-14(20)12-15/h2-9,12,17,22H,10-11,13H2,1H3,(H,21,23). The molecule has 0 heterocycles. The number of ether oxygens (including phenoxy) is 1. The largest absolute Gasteiger partial charge is 0.454 e. The van der Waals surface area contributed by atoms with E-state index in [1.165, 1.54) is 42.1 Å². The topological polar surface area (TPSA) is 102 Å². The number of hydrogen-bond acceptors (Lipinski definition) is 6. The van der Waals surface area contributed by atoms with Crippen LogP contribution in [0.1, 0.15) is 6.42 Å². The third-order valence-corrected chi connectivity index (χ3v) is 5.83. The number of nitrogens with one attached hydrogen (secondary N) is 2. The molecule has 0 bridgehead atoms. The van der Waals surface area contributed by atoms with Gasteiger partial charge in [0.25, 0.3) is 5.91 Å². The number of amides is 1. The summed E-state index contributed by atoms with van der Waals surface area (Å²) in [5.74, 6) is -1.55. The molecular weight excluding hydrogens is 419 g/mol. The fourth-order valence-corrected chi connectivity index (χ4v) is 4.03. The van der Waals surface area contributed by atoms with Crippen molar-refractivity contribution in [1.29, 1.82) is 0 Å². The zero-order valence-corrected chi connectivity index (χ0v) is 17.3. The molecule has 1 unspecified atom stereocenters. The molecule has 0 spiro atoms. The molecule has 2 aromatic carbocycles. The van der Waals surface area contributed by atoms with E-state index in [4.69, 9.17) is 4.74 Å². The Labute approximate surface area is 173 Å². The van der Waals surface area contributed by atoms with E-state index in [9.17, 15) is 22.4 Å². The van der Waals surface area contributed by atoms with Crippen molar-refractivity contribution in [3.63, 3.8) is 0 Å². The zero-order valence-electron chi connectivity index (χ0n) is 15.6. The maximum atomic E-state index is 13.1. The number of sulfonamides is 1. The Morgan fingerprint density at radius 2 is 1.86 bits per heavy atom. The van der Waals surface area contributed by atoms with Crippen LogP contribution in [0.5, 0.6) is 0 Å². The van der Waals surface area contributed by atoms with E-state index in [-0.39, 0.29) is 17.0 Å². The summed E-state index contributed by atoms with van der Waals surface area (Å²) in [4.78, 5) is 24.3. The first-order chi connectivity index (χ1) is 13.8. The fourth-order valence-electron chi connectivity index (χ4n) is 2.32. The third kappa shape index (κ3) is 7.48. The molecular formula is C19H21FN2O5S2. The Morgan fingerprint density at radius 1 is 1.14 bits per heavy atom. The molecule has 0 saturated heterocycles. The lowest BCUT2D eigenvalue weighted by Crippen LogP contribution is -2.43. The zero-order chi connectivity index (χ0) is 21.3. The lowest BCUT2D eigenvalue weighted by molar-refractivity contribution is -0.149. The van der Waals surface area contributed by atoms with Crippen LogP contribution in [0.3, 0.4) is 0 Å². The van der Waals surface area contributed by atoms with Gasteiger partial charge < -0.3 is 10.1 Å². The lowest BCUT2D eigenvalue weighted by atomic mass is 10.2. The summed E-state index contributed by atoms with van der Waals surface area (Å²) < 4.78 is 45.4. The molecule has 0 aromatic heterocycles. The molecule has 156 valence electrons. The van der Waals surface area contributed by atoms with Crippen molar-refractivity contribution in [1.82, 2.24) is 4.72 Å². The van der Waals surface area contributed by atoms with Gasteiger partial charge in [-0.05, 0) is 48.8 Å². The van der Waals surface area contributed by atoms with Crippen LogP contribution in [-0.4, -0.2) is 45.0 Å². The number of benzene rings is 2. The normalized spacial score (nSPS) is 12.2. The van der Waals surface area contributed by atoms with Crippen molar-refractivity contribution in [2.24, 2.45) is 0 Å². The average Bonchev–Trinajstić information content (AvgIpc) is 2.70. The van der Waals surface area contributed by atoms with Gasteiger partial charge in [0.1, 0.15) is 11.9 Å². The molecule has 2 aromatic rings. The summed E-state index contributed by atoms with van der Waals surface area (Å²) in [6, 6.07) is 11.7. The second-order valence-electron chi connectivity index (χ2n) is 5.93. The minimum Gasteiger partial charge on any atom is -0.454 e. The van der Waals surface area contributed by atoms with Crippen molar-refractivity contribution in [2.75, 3.05) is 23.9 Å². The molecule has 2 N–H and O–H groups in total. The second-order valence-corrected chi connectivity index (χ2v) is 8.63. The van der Waals surface area contributed by atoms with Crippen molar-refractivity contribution in [2.45, 2.75) is 17.4 Å². The van der Waals surface area contributed by atoms with Crippen molar-refractivity contribution < 1.29 is 27.1 Å².